The van der Waals surface area contributed by atoms with E-state index in [1.807, 2.05) is 12.3 Å². The fourth-order valence-electron chi connectivity index (χ4n) is 1.96. The molecule has 0 aliphatic carbocycles. The number of anilines is 1. The van der Waals surface area contributed by atoms with Crippen LogP contribution in [0.2, 0.25) is 0 Å². The Morgan fingerprint density at radius 1 is 1.27 bits per heavy atom. The van der Waals surface area contributed by atoms with Gasteiger partial charge >= 0.3 is 0 Å². The van der Waals surface area contributed by atoms with Crippen LogP contribution in [0.15, 0.2) is 24.4 Å². The average Bonchev–Trinajstić information content (AvgIpc) is 2.19. The van der Waals surface area contributed by atoms with Crippen molar-refractivity contribution in [2.45, 2.75) is 20.8 Å². The van der Waals surface area contributed by atoms with Gasteiger partial charge in [0.05, 0.1) is 5.52 Å². The number of nitrogens with one attached hydrogen (secondary N) is 1. The van der Waals surface area contributed by atoms with Gasteiger partial charge in [0.15, 0.2) is 0 Å². The van der Waals surface area contributed by atoms with Crippen LogP contribution in [-0.4, -0.2) is 11.5 Å². The zero-order valence-corrected chi connectivity index (χ0v) is 9.46. The lowest BCUT2D eigenvalue weighted by Gasteiger charge is -2.09. The molecule has 0 saturated carbocycles. The summed E-state index contributed by atoms with van der Waals surface area (Å²) >= 11 is 0. The summed E-state index contributed by atoms with van der Waals surface area (Å²) in [7, 11) is 0. The third-order valence-electron chi connectivity index (χ3n) is 2.55. The van der Waals surface area contributed by atoms with Gasteiger partial charge in [-0.25, -0.2) is 0 Å². The topological polar surface area (TPSA) is 24.9 Å². The maximum absolute atomic E-state index is 4.42. The van der Waals surface area contributed by atoms with E-state index in [9.17, 15) is 0 Å². The number of fused-ring (bicyclic) bond motifs is 1. The molecule has 1 aromatic carbocycles. The highest BCUT2D eigenvalue weighted by Gasteiger charge is 2.03. The molecule has 0 aliphatic rings. The Kier molecular flexibility index (Phi) is 2.58. The summed E-state index contributed by atoms with van der Waals surface area (Å²) in [6, 6.07) is 6.39. The number of aryl methyl sites for hydroxylation is 2. The van der Waals surface area contributed by atoms with Gasteiger partial charge in [-0.3, -0.25) is 4.98 Å². The molecule has 0 saturated heterocycles. The lowest BCUT2D eigenvalue weighted by Crippen LogP contribution is -1.98. The number of hydrogen-bond donors (Lipinski definition) is 1. The van der Waals surface area contributed by atoms with Crippen LogP contribution in [0.1, 0.15) is 18.1 Å². The Labute approximate surface area is 90.3 Å². The molecule has 0 unspecified atom stereocenters. The first-order valence-corrected chi connectivity index (χ1v) is 5.32. The zero-order valence-electron chi connectivity index (χ0n) is 9.46. The Bertz CT molecular complexity index is 489. The Morgan fingerprint density at radius 2 is 2.07 bits per heavy atom. The summed E-state index contributed by atoms with van der Waals surface area (Å²) in [5.74, 6) is 0. The van der Waals surface area contributed by atoms with E-state index < -0.39 is 0 Å². The molecule has 0 amide bonds. The summed E-state index contributed by atoms with van der Waals surface area (Å²) in [6.45, 7) is 7.27. The molecule has 2 nitrogen and oxygen atoms in total. The Balaban J connectivity index is 2.73. The first kappa shape index (κ1) is 9.97. The van der Waals surface area contributed by atoms with Crippen LogP contribution in [-0.2, 0) is 0 Å². The van der Waals surface area contributed by atoms with Crippen LogP contribution in [0.25, 0.3) is 10.9 Å². The minimum atomic E-state index is 0.937. The average molecular weight is 200 g/mol. The molecule has 2 aromatic rings. The molecule has 2 rings (SSSR count). The molecule has 1 N–H and O–H groups in total. The predicted molar refractivity (Wildman–Crippen MR) is 65.4 cm³/mol. The second-order valence-electron chi connectivity index (χ2n) is 3.87. The number of pyridine rings is 1. The zero-order chi connectivity index (χ0) is 10.8. The summed E-state index contributed by atoms with van der Waals surface area (Å²) in [5, 5.41) is 4.58. The summed E-state index contributed by atoms with van der Waals surface area (Å²) in [5.41, 5.74) is 4.80. The molecule has 0 bridgehead atoms. The molecule has 0 atom stereocenters. The van der Waals surface area contributed by atoms with E-state index in [1.165, 1.54) is 22.2 Å². The molecule has 0 spiro atoms. The maximum atomic E-state index is 4.42. The minimum absolute atomic E-state index is 0.937. The van der Waals surface area contributed by atoms with Crippen LogP contribution < -0.4 is 5.32 Å². The second-order valence-corrected chi connectivity index (χ2v) is 3.87. The maximum Gasteiger partial charge on any atom is 0.0752 e. The third kappa shape index (κ3) is 1.80. The molecular formula is C13H16N2. The molecule has 15 heavy (non-hydrogen) atoms. The highest BCUT2D eigenvalue weighted by atomic mass is 14.9. The monoisotopic (exact) mass is 200 g/mol. The largest absolute Gasteiger partial charge is 0.385 e. The number of benzene rings is 1. The lowest BCUT2D eigenvalue weighted by molar-refractivity contribution is 1.21. The van der Waals surface area contributed by atoms with Gasteiger partial charge in [0.2, 0.25) is 0 Å². The van der Waals surface area contributed by atoms with Crippen molar-refractivity contribution in [2.24, 2.45) is 0 Å². The highest BCUT2D eigenvalue weighted by Crippen LogP contribution is 2.25. The van der Waals surface area contributed by atoms with Crippen LogP contribution in [0.3, 0.4) is 0 Å². The molecule has 1 aromatic heterocycles. The summed E-state index contributed by atoms with van der Waals surface area (Å²) < 4.78 is 0. The lowest BCUT2D eigenvalue weighted by atomic mass is 10.1. The fraction of sp³-hybridized carbons (Fsp3) is 0.308. The van der Waals surface area contributed by atoms with Gasteiger partial charge in [0, 0.05) is 23.8 Å². The first-order chi connectivity index (χ1) is 7.22. The highest BCUT2D eigenvalue weighted by molar-refractivity contribution is 5.93. The van der Waals surface area contributed by atoms with Crippen molar-refractivity contribution in [2.75, 3.05) is 11.9 Å². The van der Waals surface area contributed by atoms with Crippen LogP contribution in [0.4, 0.5) is 5.69 Å². The van der Waals surface area contributed by atoms with E-state index in [-0.39, 0.29) is 0 Å². The van der Waals surface area contributed by atoms with Crippen molar-refractivity contribution < 1.29 is 0 Å². The quantitative estimate of drug-likeness (QED) is 0.804. The van der Waals surface area contributed by atoms with Crippen molar-refractivity contribution in [1.29, 1.82) is 0 Å². The predicted octanol–water partition coefficient (Wildman–Crippen LogP) is 3.28. The van der Waals surface area contributed by atoms with E-state index in [4.69, 9.17) is 0 Å². The van der Waals surface area contributed by atoms with Crippen molar-refractivity contribution in [3.8, 4) is 0 Å². The second kappa shape index (κ2) is 3.89. The fourth-order valence-corrected chi connectivity index (χ4v) is 1.96. The molecule has 2 heteroatoms. The smallest absolute Gasteiger partial charge is 0.0752 e. The van der Waals surface area contributed by atoms with Crippen molar-refractivity contribution in [1.82, 2.24) is 4.98 Å². The molecule has 78 valence electrons. The molecule has 0 radical (unpaired) electrons. The Hall–Kier alpha value is -1.57. The normalized spacial score (nSPS) is 10.6. The first-order valence-electron chi connectivity index (χ1n) is 5.32. The molecule has 0 aliphatic heterocycles. The van der Waals surface area contributed by atoms with Crippen molar-refractivity contribution in [3.05, 3.63) is 35.5 Å². The van der Waals surface area contributed by atoms with Crippen LogP contribution in [0.5, 0.6) is 0 Å². The van der Waals surface area contributed by atoms with E-state index in [2.05, 4.69) is 43.2 Å². The van der Waals surface area contributed by atoms with Crippen LogP contribution >= 0.6 is 0 Å². The minimum Gasteiger partial charge on any atom is -0.385 e. The van der Waals surface area contributed by atoms with Gasteiger partial charge in [-0.05, 0) is 38.5 Å². The molecular weight excluding hydrogens is 184 g/mol. The van der Waals surface area contributed by atoms with Crippen LogP contribution in [0, 0.1) is 13.8 Å². The van der Waals surface area contributed by atoms with Gasteiger partial charge in [0.25, 0.3) is 0 Å². The summed E-state index contributed by atoms with van der Waals surface area (Å²) in [6.07, 6.45) is 1.86. The van der Waals surface area contributed by atoms with Gasteiger partial charge in [-0.2, -0.15) is 0 Å². The number of rotatable bonds is 2. The molecule has 1 heterocycles. The van der Waals surface area contributed by atoms with Gasteiger partial charge < -0.3 is 5.32 Å². The summed E-state index contributed by atoms with van der Waals surface area (Å²) in [4.78, 5) is 4.42. The van der Waals surface area contributed by atoms with E-state index >= 15 is 0 Å². The number of aromatic nitrogens is 1. The Morgan fingerprint density at radius 3 is 2.80 bits per heavy atom. The van der Waals surface area contributed by atoms with Gasteiger partial charge in [-0.1, -0.05) is 11.6 Å². The van der Waals surface area contributed by atoms with Crippen molar-refractivity contribution >= 4 is 16.6 Å². The number of hydrogen-bond acceptors (Lipinski definition) is 2. The standard InChI is InChI=1S/C13H16N2/c1-4-14-12-5-6-15-13-10(3)7-9(2)8-11(12)13/h5-8H,4H2,1-3H3,(H,14,15). The van der Waals surface area contributed by atoms with Gasteiger partial charge in [0.1, 0.15) is 0 Å². The number of nitrogens with zero attached hydrogens (tertiary/aromatic N) is 1. The van der Waals surface area contributed by atoms with Crippen molar-refractivity contribution in [3.63, 3.8) is 0 Å². The third-order valence-corrected chi connectivity index (χ3v) is 2.55. The van der Waals surface area contributed by atoms with E-state index in [1.54, 1.807) is 0 Å². The van der Waals surface area contributed by atoms with E-state index in [0.717, 1.165) is 12.1 Å². The SMILES string of the molecule is CCNc1ccnc2c(C)cc(C)cc12. The molecule has 0 fully saturated rings. The van der Waals surface area contributed by atoms with E-state index in [0.29, 0.717) is 0 Å². The van der Waals surface area contributed by atoms with Gasteiger partial charge in [-0.15, -0.1) is 0 Å².